The van der Waals surface area contributed by atoms with Crippen molar-refractivity contribution >= 4 is 39.9 Å². The zero-order chi connectivity index (χ0) is 10.7. The maximum Gasteiger partial charge on any atom is 0.233 e. The summed E-state index contributed by atoms with van der Waals surface area (Å²) in [5.41, 5.74) is 0. The Hall–Kier alpha value is -0.490. The molecule has 76 valence electrons. The minimum atomic E-state index is -1.98. The van der Waals surface area contributed by atoms with E-state index in [0.717, 1.165) is 10.6 Å². The van der Waals surface area contributed by atoms with E-state index in [-0.39, 0.29) is 0 Å². The highest BCUT2D eigenvalue weighted by atomic mass is 35.7. The van der Waals surface area contributed by atoms with Gasteiger partial charge in [0.15, 0.2) is 0 Å². The maximum atomic E-state index is 6.56. The molecule has 2 rings (SSSR count). The van der Waals surface area contributed by atoms with Gasteiger partial charge >= 0.3 is 0 Å². The Balaban J connectivity index is 2.44. The van der Waals surface area contributed by atoms with E-state index in [1.807, 2.05) is 60.7 Å². The van der Waals surface area contributed by atoms with E-state index < -0.39 is 5.82 Å². The molecule has 0 N–H and O–H groups in total. The molecule has 0 heterocycles. The lowest BCUT2D eigenvalue weighted by atomic mass is 10.4. The summed E-state index contributed by atoms with van der Waals surface area (Å²) in [6, 6.07) is 20.1. The van der Waals surface area contributed by atoms with E-state index in [2.05, 4.69) is 12.2 Å². The van der Waals surface area contributed by atoms with Crippen LogP contribution >= 0.6 is 29.3 Å². The van der Waals surface area contributed by atoms with Gasteiger partial charge in [-0.25, -0.2) is 0 Å². The van der Waals surface area contributed by atoms with Crippen LogP contribution in [0.15, 0.2) is 60.7 Å². The number of halogens is 1. The minimum Gasteiger partial charge on any atom is -0.0620 e. The zero-order valence-corrected chi connectivity index (χ0v) is 10.6. The number of thiol groups is 1. The molecule has 0 aliphatic carbocycles. The van der Waals surface area contributed by atoms with Gasteiger partial charge in [-0.15, -0.1) is 0 Å². The predicted octanol–water partition coefficient (Wildman–Crippen LogP) is 3.65. The largest absolute Gasteiger partial charge is 0.233 e. The molecule has 0 radical (unpaired) electrons. The maximum absolute atomic E-state index is 6.56. The molecular formula is C12H11ClPS+. The summed E-state index contributed by atoms with van der Waals surface area (Å²) in [7, 11) is 0. The molecular weight excluding hydrogens is 243 g/mol. The van der Waals surface area contributed by atoms with Gasteiger partial charge < -0.3 is 0 Å². The number of hydrogen-bond donors (Lipinski definition) is 1. The first-order valence-electron chi connectivity index (χ1n) is 4.64. The SMILES string of the molecule is S[P+](Cl)(c1ccccc1)c1ccccc1. The van der Waals surface area contributed by atoms with E-state index in [4.69, 9.17) is 11.2 Å². The van der Waals surface area contributed by atoms with Crippen LogP contribution in [0.4, 0.5) is 0 Å². The Morgan fingerprint density at radius 1 is 0.733 bits per heavy atom. The van der Waals surface area contributed by atoms with Gasteiger partial charge in [0.05, 0.1) is 0 Å². The van der Waals surface area contributed by atoms with Crippen LogP contribution in [-0.2, 0) is 0 Å². The van der Waals surface area contributed by atoms with Crippen LogP contribution < -0.4 is 10.6 Å². The number of benzene rings is 2. The highest BCUT2D eigenvalue weighted by molar-refractivity contribution is 8.67. The van der Waals surface area contributed by atoms with Crippen molar-refractivity contribution in [3.63, 3.8) is 0 Å². The van der Waals surface area contributed by atoms with Gasteiger partial charge in [0.25, 0.3) is 0 Å². The molecule has 0 atom stereocenters. The highest BCUT2D eigenvalue weighted by Crippen LogP contribution is 2.65. The molecule has 0 nitrogen and oxygen atoms in total. The van der Waals surface area contributed by atoms with Gasteiger partial charge in [0.1, 0.15) is 21.8 Å². The standard InChI is InChI=1S/C12H11ClPS/c13-14(15,11-7-3-1-4-8-11)12-9-5-2-6-10-12/h1-10,15H/q+1. The fourth-order valence-corrected chi connectivity index (χ4v) is 4.31. The summed E-state index contributed by atoms with van der Waals surface area (Å²) in [5, 5.41) is 2.20. The molecule has 0 fully saturated rings. The molecule has 0 spiro atoms. The Morgan fingerprint density at radius 2 is 1.07 bits per heavy atom. The average molecular weight is 254 g/mol. The lowest BCUT2D eigenvalue weighted by molar-refractivity contribution is 1.76. The van der Waals surface area contributed by atoms with E-state index in [1.165, 1.54) is 0 Å². The summed E-state index contributed by atoms with van der Waals surface area (Å²) in [6.45, 7) is 0. The molecule has 0 amide bonds. The lowest BCUT2D eigenvalue weighted by Gasteiger charge is -2.11. The van der Waals surface area contributed by atoms with E-state index >= 15 is 0 Å². The molecule has 0 unspecified atom stereocenters. The Morgan fingerprint density at radius 3 is 1.40 bits per heavy atom. The third-order valence-electron chi connectivity index (χ3n) is 2.20. The van der Waals surface area contributed by atoms with Crippen LogP contribution in [0.5, 0.6) is 0 Å². The van der Waals surface area contributed by atoms with Gasteiger partial charge in [0.2, 0.25) is 5.82 Å². The zero-order valence-electron chi connectivity index (χ0n) is 8.05. The van der Waals surface area contributed by atoms with Crippen molar-refractivity contribution in [3.8, 4) is 0 Å². The van der Waals surface area contributed by atoms with Crippen molar-refractivity contribution in [1.29, 1.82) is 0 Å². The second kappa shape index (κ2) is 4.57. The Kier molecular flexibility index (Phi) is 3.35. The van der Waals surface area contributed by atoms with E-state index in [1.54, 1.807) is 0 Å². The molecule has 0 bridgehead atoms. The average Bonchev–Trinajstić information content (AvgIpc) is 2.31. The van der Waals surface area contributed by atoms with E-state index in [0.29, 0.717) is 0 Å². The summed E-state index contributed by atoms with van der Waals surface area (Å²) in [5.74, 6) is -1.98. The van der Waals surface area contributed by atoms with Crippen molar-refractivity contribution in [1.82, 2.24) is 0 Å². The molecule has 0 aliphatic rings. The smallest absolute Gasteiger partial charge is 0.0620 e. The molecule has 0 saturated heterocycles. The van der Waals surface area contributed by atoms with Crippen LogP contribution in [0, 0.1) is 0 Å². The predicted molar refractivity (Wildman–Crippen MR) is 73.9 cm³/mol. The van der Waals surface area contributed by atoms with Crippen molar-refractivity contribution in [2.24, 2.45) is 0 Å². The first-order valence-corrected chi connectivity index (χ1v) is 8.48. The van der Waals surface area contributed by atoms with Gasteiger partial charge in [0, 0.05) is 12.2 Å². The number of rotatable bonds is 2. The fourth-order valence-electron chi connectivity index (χ4n) is 1.40. The van der Waals surface area contributed by atoms with Gasteiger partial charge in [-0.2, -0.15) is 0 Å². The monoisotopic (exact) mass is 253 g/mol. The van der Waals surface area contributed by atoms with Crippen LogP contribution in [0.3, 0.4) is 0 Å². The molecule has 2 aromatic carbocycles. The second-order valence-corrected chi connectivity index (χ2v) is 9.40. The molecule has 0 aliphatic heterocycles. The van der Waals surface area contributed by atoms with Crippen LogP contribution in [-0.4, -0.2) is 0 Å². The first kappa shape index (κ1) is 11.0. The Bertz CT molecular complexity index is 386. The number of hydrogen-bond acceptors (Lipinski definition) is 1. The molecule has 15 heavy (non-hydrogen) atoms. The third-order valence-corrected chi connectivity index (χ3v) is 6.72. The van der Waals surface area contributed by atoms with Crippen molar-refractivity contribution in [3.05, 3.63) is 60.7 Å². The Labute approximate surface area is 101 Å². The normalized spacial score (nSPS) is 11.3. The molecule has 0 saturated carbocycles. The van der Waals surface area contributed by atoms with Crippen molar-refractivity contribution < 1.29 is 0 Å². The van der Waals surface area contributed by atoms with Crippen LogP contribution in [0.2, 0.25) is 0 Å². The van der Waals surface area contributed by atoms with Crippen molar-refractivity contribution in [2.75, 3.05) is 0 Å². The quantitative estimate of drug-likeness (QED) is 0.613. The molecule has 2 aromatic rings. The van der Waals surface area contributed by atoms with Crippen molar-refractivity contribution in [2.45, 2.75) is 0 Å². The fraction of sp³-hybridized carbons (Fsp3) is 0. The molecule has 0 aromatic heterocycles. The third kappa shape index (κ3) is 2.36. The van der Waals surface area contributed by atoms with Gasteiger partial charge in [-0.1, -0.05) is 36.4 Å². The summed E-state index contributed by atoms with van der Waals surface area (Å²) in [4.78, 5) is 0. The molecule has 3 heteroatoms. The summed E-state index contributed by atoms with van der Waals surface area (Å²) >= 11 is 11.2. The van der Waals surface area contributed by atoms with E-state index in [9.17, 15) is 0 Å². The highest BCUT2D eigenvalue weighted by Gasteiger charge is 2.37. The summed E-state index contributed by atoms with van der Waals surface area (Å²) in [6.07, 6.45) is 0. The lowest BCUT2D eigenvalue weighted by Crippen LogP contribution is -2.13. The topological polar surface area (TPSA) is 0 Å². The van der Waals surface area contributed by atoms with Crippen LogP contribution in [0.1, 0.15) is 0 Å². The first-order chi connectivity index (χ1) is 7.21. The van der Waals surface area contributed by atoms with Crippen LogP contribution in [0.25, 0.3) is 0 Å². The summed E-state index contributed by atoms with van der Waals surface area (Å²) < 4.78 is 0. The minimum absolute atomic E-state index is 1.10. The second-order valence-electron chi connectivity index (χ2n) is 3.23. The van der Waals surface area contributed by atoms with Gasteiger partial charge in [-0.05, 0) is 24.3 Å². The van der Waals surface area contributed by atoms with Gasteiger partial charge in [-0.3, -0.25) is 0 Å².